The first-order valence-electron chi connectivity index (χ1n) is 16.0. The van der Waals surface area contributed by atoms with Crippen molar-refractivity contribution < 1.29 is 0 Å². The smallest absolute Gasteiger partial charge is 0.0546 e. The van der Waals surface area contributed by atoms with Crippen LogP contribution in [0.2, 0.25) is 0 Å². The number of hydrogen-bond acceptors (Lipinski definition) is 0. The quantitative estimate of drug-likeness (QED) is 0.194. The predicted molar refractivity (Wildman–Crippen MR) is 192 cm³/mol. The molecule has 0 bridgehead atoms. The van der Waals surface area contributed by atoms with Crippen LogP contribution in [0, 0.1) is 83.1 Å². The van der Waals surface area contributed by atoms with Crippen molar-refractivity contribution in [2.24, 2.45) is 0 Å². The second kappa shape index (κ2) is 9.60. The van der Waals surface area contributed by atoms with Crippen LogP contribution in [0.3, 0.4) is 0 Å². The molecule has 0 N–H and O–H groups in total. The summed E-state index contributed by atoms with van der Waals surface area (Å²) in [5.41, 5.74) is 24.0. The van der Waals surface area contributed by atoms with Gasteiger partial charge < -0.3 is 9.13 Å². The van der Waals surface area contributed by atoms with Crippen LogP contribution in [0.5, 0.6) is 0 Å². The van der Waals surface area contributed by atoms with Crippen molar-refractivity contribution in [1.29, 1.82) is 0 Å². The van der Waals surface area contributed by atoms with Gasteiger partial charge in [-0.3, -0.25) is 0 Å². The molecule has 7 rings (SSSR count). The maximum absolute atomic E-state index is 2.52. The van der Waals surface area contributed by atoms with Crippen molar-refractivity contribution in [3.63, 3.8) is 0 Å². The average molecular weight is 577 g/mol. The summed E-state index contributed by atoms with van der Waals surface area (Å²) in [7, 11) is 0. The normalized spacial score (nSPS) is 12.1. The number of rotatable bonds is 2. The fraction of sp³-hybridized carbons (Fsp3) is 0.286. The lowest BCUT2D eigenvalue weighted by atomic mass is 9.94. The largest absolute Gasteiger partial charge is 0.309 e. The Bertz CT molecular complexity index is 2080. The second-order valence-electron chi connectivity index (χ2n) is 13.5. The van der Waals surface area contributed by atoms with Gasteiger partial charge in [0.25, 0.3) is 0 Å². The second-order valence-corrected chi connectivity index (χ2v) is 13.5. The summed E-state index contributed by atoms with van der Waals surface area (Å²) in [6, 6.07) is 18.8. The van der Waals surface area contributed by atoms with Gasteiger partial charge in [0.1, 0.15) is 0 Å². The summed E-state index contributed by atoms with van der Waals surface area (Å²) in [4.78, 5) is 0. The minimum atomic E-state index is 1.20. The van der Waals surface area contributed by atoms with Crippen LogP contribution in [0.25, 0.3) is 55.0 Å². The number of benzene rings is 5. The van der Waals surface area contributed by atoms with Crippen molar-refractivity contribution >= 4 is 43.6 Å². The Balaban J connectivity index is 1.63. The molecule has 2 heteroatoms. The van der Waals surface area contributed by atoms with Crippen LogP contribution in [-0.2, 0) is 0 Å². The fourth-order valence-electron chi connectivity index (χ4n) is 7.80. The summed E-state index contributed by atoms with van der Waals surface area (Å²) in [5.74, 6) is 0. The standard InChI is InChI=1S/C42H44N2/c1-21-16-35-39(29(9)25(21)5)40-30(10)26(6)22(2)17-36(40)43(35)33-14-13-15-34(20-33)44-37-18-23(3)27(7)31(11)41(37)42-32(12)28(8)24(4)19-38(42)44/h13-20H,1-12H3. The molecule has 0 aliphatic carbocycles. The van der Waals surface area contributed by atoms with Crippen LogP contribution in [0.15, 0.2) is 48.5 Å². The number of fused-ring (bicyclic) bond motifs is 6. The van der Waals surface area contributed by atoms with Crippen molar-refractivity contribution in [3.8, 4) is 11.4 Å². The molecule has 44 heavy (non-hydrogen) atoms. The van der Waals surface area contributed by atoms with E-state index in [0.29, 0.717) is 0 Å². The molecule has 0 fully saturated rings. The highest BCUT2D eigenvalue weighted by Gasteiger charge is 2.22. The Morgan fingerprint density at radius 2 is 0.568 bits per heavy atom. The molecular weight excluding hydrogens is 532 g/mol. The van der Waals surface area contributed by atoms with Crippen molar-refractivity contribution in [3.05, 3.63) is 115 Å². The Morgan fingerprint density at radius 1 is 0.318 bits per heavy atom. The molecule has 0 saturated heterocycles. The van der Waals surface area contributed by atoms with Gasteiger partial charge in [-0.1, -0.05) is 6.07 Å². The van der Waals surface area contributed by atoms with Gasteiger partial charge in [-0.05, 0) is 192 Å². The van der Waals surface area contributed by atoms with Crippen molar-refractivity contribution in [2.45, 2.75) is 83.1 Å². The molecule has 0 aliphatic heterocycles. The molecule has 7 aromatic rings. The lowest BCUT2D eigenvalue weighted by molar-refractivity contribution is 1.12. The summed E-state index contributed by atoms with van der Waals surface area (Å²) in [6.07, 6.45) is 0. The Kier molecular flexibility index (Phi) is 6.21. The van der Waals surface area contributed by atoms with Crippen molar-refractivity contribution in [1.82, 2.24) is 9.13 Å². The predicted octanol–water partition coefficient (Wildman–Crippen LogP) is 11.6. The minimum absolute atomic E-state index is 1.20. The first-order valence-corrected chi connectivity index (χ1v) is 16.0. The topological polar surface area (TPSA) is 9.86 Å². The number of aromatic nitrogens is 2. The molecule has 0 spiro atoms. The highest BCUT2D eigenvalue weighted by atomic mass is 15.0. The van der Waals surface area contributed by atoms with Crippen LogP contribution in [0.1, 0.15) is 66.8 Å². The first kappa shape index (κ1) is 28.5. The molecule has 2 heterocycles. The summed E-state index contributed by atoms with van der Waals surface area (Å²) in [5, 5.41) is 5.53. The average Bonchev–Trinajstić information content (AvgIpc) is 3.48. The highest BCUT2D eigenvalue weighted by Crippen LogP contribution is 2.42. The van der Waals surface area contributed by atoms with Crippen LogP contribution >= 0.6 is 0 Å². The lowest BCUT2D eigenvalue weighted by Crippen LogP contribution is -2.00. The lowest BCUT2D eigenvalue weighted by Gasteiger charge is -2.15. The molecule has 0 atom stereocenters. The van der Waals surface area contributed by atoms with E-state index in [-0.39, 0.29) is 0 Å². The third kappa shape index (κ3) is 3.67. The molecule has 2 nitrogen and oxygen atoms in total. The SMILES string of the molecule is Cc1cc2c(c(C)c1C)c1c(C)c(C)c(C)cc1n2-c1cccc(-n2c3cc(C)c(C)c(C)c3c3c(C)c(C)c(C)cc32)c1. The van der Waals surface area contributed by atoms with E-state index < -0.39 is 0 Å². The van der Waals surface area contributed by atoms with Crippen LogP contribution in [-0.4, -0.2) is 9.13 Å². The van der Waals surface area contributed by atoms with Gasteiger partial charge >= 0.3 is 0 Å². The van der Waals surface area contributed by atoms with Gasteiger partial charge in [0.2, 0.25) is 0 Å². The van der Waals surface area contributed by atoms with E-state index in [4.69, 9.17) is 0 Å². The van der Waals surface area contributed by atoms with E-state index in [0.717, 1.165) is 0 Å². The molecule has 2 aromatic heterocycles. The number of aryl methyl sites for hydroxylation is 8. The summed E-state index contributed by atoms with van der Waals surface area (Å²) < 4.78 is 5.03. The Morgan fingerprint density at radius 3 is 0.818 bits per heavy atom. The molecule has 5 aromatic carbocycles. The highest BCUT2D eigenvalue weighted by molar-refractivity contribution is 6.15. The summed E-state index contributed by atoms with van der Waals surface area (Å²) >= 11 is 0. The van der Waals surface area contributed by atoms with Gasteiger partial charge in [-0.15, -0.1) is 0 Å². The Hall–Kier alpha value is -4.30. The van der Waals surface area contributed by atoms with E-state index in [1.807, 2.05) is 0 Å². The summed E-state index contributed by atoms with van der Waals surface area (Å²) in [6.45, 7) is 27.3. The maximum Gasteiger partial charge on any atom is 0.0546 e. The fourth-order valence-corrected chi connectivity index (χ4v) is 7.80. The van der Waals surface area contributed by atoms with Crippen LogP contribution in [0.4, 0.5) is 0 Å². The zero-order valence-electron chi connectivity index (χ0n) is 28.5. The third-order valence-corrected chi connectivity index (χ3v) is 11.4. The third-order valence-electron chi connectivity index (χ3n) is 11.4. The molecule has 0 amide bonds. The van der Waals surface area contributed by atoms with Crippen LogP contribution < -0.4 is 0 Å². The monoisotopic (exact) mass is 576 g/mol. The van der Waals surface area contributed by atoms with E-state index in [1.54, 1.807) is 0 Å². The van der Waals surface area contributed by atoms with E-state index >= 15 is 0 Å². The molecule has 0 radical (unpaired) electrons. The Labute approximate surface area is 261 Å². The first-order chi connectivity index (χ1) is 20.8. The number of hydrogen-bond donors (Lipinski definition) is 0. The minimum Gasteiger partial charge on any atom is -0.309 e. The zero-order valence-corrected chi connectivity index (χ0v) is 28.5. The molecular formula is C42H44N2. The van der Waals surface area contributed by atoms with Gasteiger partial charge in [-0.2, -0.15) is 0 Å². The van der Waals surface area contributed by atoms with E-state index in [1.165, 1.54) is 122 Å². The van der Waals surface area contributed by atoms with Gasteiger partial charge in [0.05, 0.1) is 22.1 Å². The van der Waals surface area contributed by atoms with Crippen molar-refractivity contribution in [2.75, 3.05) is 0 Å². The maximum atomic E-state index is 2.52. The van der Waals surface area contributed by atoms with Gasteiger partial charge in [0, 0.05) is 32.9 Å². The molecule has 0 unspecified atom stereocenters. The van der Waals surface area contributed by atoms with E-state index in [2.05, 4.69) is 141 Å². The zero-order chi connectivity index (χ0) is 31.5. The number of nitrogens with zero attached hydrogens (tertiary/aromatic N) is 2. The van der Waals surface area contributed by atoms with E-state index in [9.17, 15) is 0 Å². The molecule has 0 saturated carbocycles. The van der Waals surface area contributed by atoms with Gasteiger partial charge in [-0.25, -0.2) is 0 Å². The molecule has 222 valence electrons. The van der Waals surface area contributed by atoms with Gasteiger partial charge in [0.15, 0.2) is 0 Å². The molecule has 0 aliphatic rings.